The third-order valence-corrected chi connectivity index (χ3v) is 5.79. The summed E-state index contributed by atoms with van der Waals surface area (Å²) >= 11 is 0. The van der Waals surface area contributed by atoms with E-state index in [0.717, 1.165) is 6.42 Å². The van der Waals surface area contributed by atoms with E-state index in [2.05, 4.69) is 0 Å². The maximum absolute atomic E-state index is 13.3. The molecule has 1 saturated heterocycles. The lowest BCUT2D eigenvalue weighted by molar-refractivity contribution is -0.132. The highest BCUT2D eigenvalue weighted by molar-refractivity contribution is 6.51. The molecule has 4 rings (SSSR count). The minimum absolute atomic E-state index is 0.00405. The Morgan fingerprint density at radius 2 is 1.57 bits per heavy atom. The lowest BCUT2D eigenvalue weighted by atomic mass is 9.95. The molecule has 35 heavy (non-hydrogen) atoms. The molecule has 0 spiro atoms. The van der Waals surface area contributed by atoms with Crippen LogP contribution < -0.4 is 19.1 Å². The highest BCUT2D eigenvalue weighted by Crippen LogP contribution is 2.43. The van der Waals surface area contributed by atoms with E-state index in [1.54, 1.807) is 67.8 Å². The number of hydrogen-bond acceptors (Lipinski definition) is 6. The Morgan fingerprint density at radius 3 is 2.26 bits per heavy atom. The highest BCUT2D eigenvalue weighted by atomic mass is 16.5. The van der Waals surface area contributed by atoms with Gasteiger partial charge < -0.3 is 19.3 Å². The van der Waals surface area contributed by atoms with Crippen molar-refractivity contribution < 1.29 is 28.9 Å². The van der Waals surface area contributed by atoms with Crippen molar-refractivity contribution in [2.24, 2.45) is 0 Å². The van der Waals surface area contributed by atoms with Crippen LogP contribution in [-0.4, -0.2) is 37.6 Å². The number of Topliss-reactive ketones (excluding diaryl/α,β-unsaturated/α-hetero) is 1. The van der Waals surface area contributed by atoms with Gasteiger partial charge in [0, 0.05) is 17.3 Å². The van der Waals surface area contributed by atoms with E-state index >= 15 is 0 Å². The summed E-state index contributed by atoms with van der Waals surface area (Å²) in [5.74, 6) is -0.00967. The fourth-order valence-electron chi connectivity index (χ4n) is 4.07. The average Bonchev–Trinajstić information content (AvgIpc) is 3.17. The van der Waals surface area contributed by atoms with Crippen molar-refractivity contribution in [3.63, 3.8) is 0 Å². The first kappa shape index (κ1) is 23.9. The molecule has 1 fully saturated rings. The topological polar surface area (TPSA) is 85.3 Å². The molecule has 0 saturated carbocycles. The third-order valence-electron chi connectivity index (χ3n) is 5.79. The summed E-state index contributed by atoms with van der Waals surface area (Å²) < 4.78 is 16.3. The van der Waals surface area contributed by atoms with Crippen molar-refractivity contribution in [2.75, 3.05) is 25.7 Å². The van der Waals surface area contributed by atoms with Crippen LogP contribution in [0.2, 0.25) is 0 Å². The fourth-order valence-corrected chi connectivity index (χ4v) is 4.07. The highest BCUT2D eigenvalue weighted by Gasteiger charge is 2.47. The molecule has 3 aromatic rings. The van der Waals surface area contributed by atoms with Crippen LogP contribution in [0.15, 0.2) is 78.4 Å². The number of carbonyl (C=O) groups is 2. The van der Waals surface area contributed by atoms with E-state index in [0.29, 0.717) is 40.7 Å². The van der Waals surface area contributed by atoms with Crippen molar-refractivity contribution in [1.29, 1.82) is 0 Å². The molecule has 180 valence electrons. The van der Waals surface area contributed by atoms with Crippen LogP contribution in [0.1, 0.15) is 30.5 Å². The number of ketones is 1. The minimum atomic E-state index is -0.866. The Bertz CT molecular complexity index is 1260. The summed E-state index contributed by atoms with van der Waals surface area (Å²) in [5.41, 5.74) is 1.51. The summed E-state index contributed by atoms with van der Waals surface area (Å²) in [6.07, 6.45) is 0.837. The number of rotatable bonds is 8. The number of methoxy groups -OCH3 is 2. The molecule has 1 aliphatic heterocycles. The van der Waals surface area contributed by atoms with Crippen molar-refractivity contribution in [1.82, 2.24) is 0 Å². The van der Waals surface area contributed by atoms with Gasteiger partial charge >= 0.3 is 0 Å². The zero-order valence-electron chi connectivity index (χ0n) is 19.9. The van der Waals surface area contributed by atoms with Crippen LogP contribution in [0.3, 0.4) is 0 Å². The molecule has 1 amide bonds. The summed E-state index contributed by atoms with van der Waals surface area (Å²) in [4.78, 5) is 28.0. The molecular formula is C28H27NO6. The second-order valence-corrected chi connectivity index (χ2v) is 8.02. The molecule has 0 aromatic heterocycles. The molecule has 1 heterocycles. The molecule has 0 bridgehead atoms. The summed E-state index contributed by atoms with van der Waals surface area (Å²) in [5, 5.41) is 11.3. The van der Waals surface area contributed by atoms with Crippen LogP contribution in [-0.2, 0) is 9.59 Å². The predicted octanol–water partition coefficient (Wildman–Crippen LogP) is 5.12. The Hall–Kier alpha value is -4.26. The zero-order chi connectivity index (χ0) is 24.9. The fraction of sp³-hybridized carbons (Fsp3) is 0.214. The second-order valence-electron chi connectivity index (χ2n) is 8.02. The Kier molecular flexibility index (Phi) is 7.06. The van der Waals surface area contributed by atoms with Gasteiger partial charge in [-0.1, -0.05) is 25.1 Å². The normalized spacial score (nSPS) is 16.9. The van der Waals surface area contributed by atoms with Crippen molar-refractivity contribution in [3.05, 3.63) is 89.5 Å². The Morgan fingerprint density at radius 1 is 0.886 bits per heavy atom. The van der Waals surface area contributed by atoms with Gasteiger partial charge in [0.05, 0.1) is 32.4 Å². The summed E-state index contributed by atoms with van der Waals surface area (Å²) in [6.45, 7) is 2.54. The first-order valence-electron chi connectivity index (χ1n) is 11.3. The van der Waals surface area contributed by atoms with Gasteiger partial charge in [0.2, 0.25) is 0 Å². The first-order valence-corrected chi connectivity index (χ1v) is 11.3. The van der Waals surface area contributed by atoms with Crippen LogP contribution in [0.25, 0.3) is 5.76 Å². The van der Waals surface area contributed by atoms with Gasteiger partial charge in [0.1, 0.15) is 23.0 Å². The standard InChI is InChI=1S/C28H27NO6/c1-4-15-35-23-10-5-7-19(16-23)25-24(26(30)18-11-13-21(33-2)14-12-18)27(31)28(32)29(25)20-8-6-9-22(17-20)34-3/h5-14,16-17,25,30H,4,15H2,1-3H3/b26-24+. The number of anilines is 1. The Balaban J connectivity index is 1.90. The van der Waals surface area contributed by atoms with E-state index in [9.17, 15) is 14.7 Å². The van der Waals surface area contributed by atoms with E-state index < -0.39 is 17.7 Å². The molecule has 0 radical (unpaired) electrons. The Labute approximate surface area is 204 Å². The number of carbonyl (C=O) groups excluding carboxylic acids is 2. The number of nitrogens with zero attached hydrogens (tertiary/aromatic N) is 1. The van der Waals surface area contributed by atoms with Crippen LogP contribution in [0.4, 0.5) is 5.69 Å². The van der Waals surface area contributed by atoms with Gasteiger partial charge in [-0.05, 0) is 60.5 Å². The molecule has 7 nitrogen and oxygen atoms in total. The number of aliphatic hydroxyl groups is 1. The molecule has 1 N–H and O–H groups in total. The van der Waals surface area contributed by atoms with Gasteiger partial charge in [-0.25, -0.2) is 0 Å². The summed E-state index contributed by atoms with van der Waals surface area (Å²) in [7, 11) is 3.07. The van der Waals surface area contributed by atoms with Crippen molar-refractivity contribution in [3.8, 4) is 17.2 Å². The maximum Gasteiger partial charge on any atom is 0.300 e. The molecule has 1 atom stereocenters. The summed E-state index contributed by atoms with van der Waals surface area (Å²) in [6, 6.07) is 19.9. The smallest absolute Gasteiger partial charge is 0.300 e. The maximum atomic E-state index is 13.3. The third kappa shape index (κ3) is 4.71. The molecule has 1 aliphatic rings. The lowest BCUT2D eigenvalue weighted by Gasteiger charge is -2.26. The van der Waals surface area contributed by atoms with Gasteiger partial charge in [-0.15, -0.1) is 0 Å². The van der Waals surface area contributed by atoms with Gasteiger partial charge in [-0.3, -0.25) is 14.5 Å². The zero-order valence-corrected chi connectivity index (χ0v) is 19.9. The first-order chi connectivity index (χ1) is 17.0. The number of benzene rings is 3. The molecule has 0 aliphatic carbocycles. The monoisotopic (exact) mass is 473 g/mol. The molecule has 3 aromatic carbocycles. The number of ether oxygens (including phenoxy) is 3. The minimum Gasteiger partial charge on any atom is -0.507 e. The van der Waals surface area contributed by atoms with Crippen molar-refractivity contribution in [2.45, 2.75) is 19.4 Å². The molecular weight excluding hydrogens is 446 g/mol. The van der Waals surface area contributed by atoms with Crippen molar-refractivity contribution >= 4 is 23.1 Å². The predicted molar refractivity (Wildman–Crippen MR) is 133 cm³/mol. The average molecular weight is 474 g/mol. The van der Waals surface area contributed by atoms with E-state index in [1.165, 1.54) is 12.0 Å². The number of amides is 1. The quantitative estimate of drug-likeness (QED) is 0.278. The molecule has 1 unspecified atom stereocenters. The van der Waals surface area contributed by atoms with Crippen LogP contribution >= 0.6 is 0 Å². The van der Waals surface area contributed by atoms with Gasteiger partial charge in [0.15, 0.2) is 0 Å². The van der Waals surface area contributed by atoms with Crippen LogP contribution in [0.5, 0.6) is 17.2 Å². The SMILES string of the molecule is CCCOc1cccc(C2/C(=C(\O)c3ccc(OC)cc3)C(=O)C(=O)N2c2cccc(OC)c2)c1. The molecule has 7 heteroatoms. The number of hydrogen-bond donors (Lipinski definition) is 1. The number of aliphatic hydroxyl groups excluding tert-OH is 1. The van der Waals surface area contributed by atoms with Gasteiger partial charge in [0.25, 0.3) is 11.7 Å². The lowest BCUT2D eigenvalue weighted by Crippen LogP contribution is -2.29. The largest absolute Gasteiger partial charge is 0.507 e. The van der Waals surface area contributed by atoms with E-state index in [4.69, 9.17) is 14.2 Å². The van der Waals surface area contributed by atoms with Crippen LogP contribution in [0, 0.1) is 0 Å². The van der Waals surface area contributed by atoms with E-state index in [1.807, 2.05) is 19.1 Å². The van der Waals surface area contributed by atoms with E-state index in [-0.39, 0.29) is 11.3 Å². The second kappa shape index (κ2) is 10.3. The van der Waals surface area contributed by atoms with Gasteiger partial charge in [-0.2, -0.15) is 0 Å².